The highest BCUT2D eigenvalue weighted by Gasteiger charge is 2.15. The van der Waals surface area contributed by atoms with Gasteiger partial charge >= 0.3 is 6.61 Å². The van der Waals surface area contributed by atoms with Gasteiger partial charge in [0, 0.05) is 33.4 Å². The van der Waals surface area contributed by atoms with E-state index >= 15 is 0 Å². The van der Waals surface area contributed by atoms with Crippen molar-refractivity contribution in [2.24, 2.45) is 4.99 Å². The van der Waals surface area contributed by atoms with Crippen LogP contribution < -0.4 is 20.1 Å². The number of guanidine groups is 1. The third-order valence-corrected chi connectivity index (χ3v) is 3.98. The van der Waals surface area contributed by atoms with Crippen LogP contribution in [0.3, 0.4) is 0 Å². The topological polar surface area (TPSA) is 73.3 Å². The van der Waals surface area contributed by atoms with Crippen LogP contribution in [0.25, 0.3) is 0 Å². The van der Waals surface area contributed by atoms with Gasteiger partial charge in [-0.1, -0.05) is 6.07 Å². The van der Waals surface area contributed by atoms with Crippen molar-refractivity contribution in [2.45, 2.75) is 32.1 Å². The monoisotopic (exact) mass is 515 g/mol. The normalized spacial score (nSPS) is 16.6. The fraction of sp³-hybridized carbons (Fsp3) is 0.611. The van der Waals surface area contributed by atoms with Crippen LogP contribution in [0.1, 0.15) is 18.4 Å². The second-order valence-electron chi connectivity index (χ2n) is 5.93. The third-order valence-electron chi connectivity index (χ3n) is 3.98. The molecule has 0 bridgehead atoms. The lowest BCUT2D eigenvalue weighted by molar-refractivity contribution is -0.0512. The van der Waals surface area contributed by atoms with Crippen molar-refractivity contribution in [2.75, 3.05) is 40.5 Å². The first-order valence-electron chi connectivity index (χ1n) is 8.88. The molecule has 0 spiro atoms. The van der Waals surface area contributed by atoms with E-state index in [9.17, 15) is 8.78 Å². The number of nitrogens with zero attached hydrogens (tertiary/aromatic N) is 1. The Balaban J connectivity index is 0.00000392. The Labute approximate surface area is 181 Å². The van der Waals surface area contributed by atoms with E-state index in [0.29, 0.717) is 32.3 Å². The molecule has 0 saturated carbocycles. The van der Waals surface area contributed by atoms with Gasteiger partial charge in [-0.15, -0.1) is 24.0 Å². The molecule has 2 rings (SSSR count). The van der Waals surface area contributed by atoms with E-state index in [1.807, 2.05) is 0 Å². The summed E-state index contributed by atoms with van der Waals surface area (Å²) in [5.41, 5.74) is 0.763. The molecule has 0 aliphatic carbocycles. The molecule has 0 aromatic heterocycles. The minimum Gasteiger partial charge on any atom is -0.493 e. The first-order valence-corrected chi connectivity index (χ1v) is 8.88. The van der Waals surface area contributed by atoms with Gasteiger partial charge in [0.1, 0.15) is 0 Å². The number of nitrogens with one attached hydrogen (secondary N) is 2. The molecule has 0 radical (unpaired) electrons. The van der Waals surface area contributed by atoms with Crippen LogP contribution >= 0.6 is 24.0 Å². The molecule has 1 fully saturated rings. The fourth-order valence-corrected chi connectivity index (χ4v) is 2.60. The van der Waals surface area contributed by atoms with Crippen molar-refractivity contribution >= 4 is 29.9 Å². The number of alkyl halides is 2. The van der Waals surface area contributed by atoms with Crippen molar-refractivity contribution < 1.29 is 27.7 Å². The van der Waals surface area contributed by atoms with E-state index < -0.39 is 6.61 Å². The zero-order valence-electron chi connectivity index (χ0n) is 16.1. The molecular formula is C18H28F2IN3O4. The molecule has 28 heavy (non-hydrogen) atoms. The number of halogens is 3. The van der Waals surface area contributed by atoms with Gasteiger partial charge in [0.2, 0.25) is 0 Å². The average Bonchev–Trinajstić information content (AvgIpc) is 3.17. The Hall–Kier alpha value is -1.40. The van der Waals surface area contributed by atoms with Crippen LogP contribution in [0.15, 0.2) is 23.2 Å². The van der Waals surface area contributed by atoms with Crippen LogP contribution in [0.2, 0.25) is 0 Å². The Bertz CT molecular complexity index is 602. The number of hydrogen-bond donors (Lipinski definition) is 2. The summed E-state index contributed by atoms with van der Waals surface area (Å²) < 4.78 is 45.5. The summed E-state index contributed by atoms with van der Waals surface area (Å²) in [6.45, 7) is 0.305. The van der Waals surface area contributed by atoms with Gasteiger partial charge in [-0.3, -0.25) is 4.99 Å². The molecule has 1 heterocycles. The molecule has 7 nitrogen and oxygen atoms in total. The minimum atomic E-state index is -2.91. The standard InChI is InChI=1S/C18H27F2N3O4.HI/c1-21-18(22-7-3-8-26-14-6-9-25-12-14)23-11-13-4-5-15(24-2)16(10-13)27-17(19)20;/h4-5,10,14,17H,3,6-9,11-12H2,1-2H3,(H2,21,22,23);1H. The number of hydrogen-bond acceptors (Lipinski definition) is 5. The summed E-state index contributed by atoms with van der Waals surface area (Å²) in [6.07, 6.45) is 2.00. The molecule has 160 valence electrons. The van der Waals surface area contributed by atoms with Crippen LogP contribution in [0.4, 0.5) is 8.78 Å². The Morgan fingerprint density at radius 2 is 2.14 bits per heavy atom. The first-order chi connectivity index (χ1) is 13.1. The Kier molecular flexibility index (Phi) is 12.1. The second-order valence-corrected chi connectivity index (χ2v) is 5.93. The zero-order valence-corrected chi connectivity index (χ0v) is 18.4. The molecule has 0 amide bonds. The van der Waals surface area contributed by atoms with Gasteiger partial charge in [0.05, 0.1) is 19.8 Å². The van der Waals surface area contributed by atoms with Gasteiger partial charge in [-0.25, -0.2) is 0 Å². The Morgan fingerprint density at radius 3 is 2.79 bits per heavy atom. The first kappa shape index (κ1) is 24.6. The summed E-state index contributed by atoms with van der Waals surface area (Å²) >= 11 is 0. The Morgan fingerprint density at radius 1 is 1.32 bits per heavy atom. The SMILES string of the molecule is CN=C(NCCCOC1CCOC1)NCc1ccc(OC)c(OC(F)F)c1.I. The maximum absolute atomic E-state index is 12.5. The number of benzene rings is 1. The second kappa shape index (κ2) is 13.7. The van der Waals surface area contributed by atoms with E-state index in [4.69, 9.17) is 14.2 Å². The summed E-state index contributed by atoms with van der Waals surface area (Å²) in [5.74, 6) is 0.878. The van der Waals surface area contributed by atoms with E-state index in [-0.39, 0.29) is 41.6 Å². The summed E-state index contributed by atoms with van der Waals surface area (Å²) in [4.78, 5) is 4.14. The number of aliphatic imine (C=N–C) groups is 1. The third kappa shape index (κ3) is 8.74. The van der Waals surface area contributed by atoms with Gasteiger partial charge in [0.15, 0.2) is 17.5 Å². The maximum Gasteiger partial charge on any atom is 0.387 e. The van der Waals surface area contributed by atoms with E-state index in [1.165, 1.54) is 13.2 Å². The van der Waals surface area contributed by atoms with E-state index in [0.717, 1.165) is 25.0 Å². The lowest BCUT2D eigenvalue weighted by Gasteiger charge is -2.14. The molecule has 1 saturated heterocycles. The number of ether oxygens (including phenoxy) is 4. The van der Waals surface area contributed by atoms with Crippen molar-refractivity contribution in [1.82, 2.24) is 10.6 Å². The van der Waals surface area contributed by atoms with Crippen LogP contribution in [-0.2, 0) is 16.0 Å². The molecular weight excluding hydrogens is 487 g/mol. The molecule has 1 atom stereocenters. The van der Waals surface area contributed by atoms with Crippen molar-refractivity contribution in [3.63, 3.8) is 0 Å². The summed E-state index contributed by atoms with van der Waals surface area (Å²) in [7, 11) is 3.07. The highest BCUT2D eigenvalue weighted by molar-refractivity contribution is 14.0. The smallest absolute Gasteiger partial charge is 0.387 e. The number of rotatable bonds is 10. The van der Waals surface area contributed by atoms with Gasteiger partial charge in [0.25, 0.3) is 0 Å². The van der Waals surface area contributed by atoms with Gasteiger partial charge < -0.3 is 29.6 Å². The molecule has 1 aliphatic heterocycles. The molecule has 1 aromatic rings. The number of methoxy groups -OCH3 is 1. The molecule has 1 aromatic carbocycles. The highest BCUT2D eigenvalue weighted by atomic mass is 127. The molecule has 10 heteroatoms. The predicted molar refractivity (Wildman–Crippen MR) is 113 cm³/mol. The summed E-state index contributed by atoms with van der Waals surface area (Å²) in [6, 6.07) is 4.88. The quantitative estimate of drug-likeness (QED) is 0.216. The molecule has 1 unspecified atom stereocenters. The van der Waals surface area contributed by atoms with Gasteiger partial charge in [-0.2, -0.15) is 8.78 Å². The van der Waals surface area contributed by atoms with Crippen LogP contribution in [0, 0.1) is 0 Å². The predicted octanol–water partition coefficient (Wildman–Crippen LogP) is 2.78. The molecule has 1 aliphatic rings. The van der Waals surface area contributed by atoms with E-state index in [2.05, 4.69) is 20.4 Å². The van der Waals surface area contributed by atoms with Crippen LogP contribution in [-0.4, -0.2) is 59.2 Å². The van der Waals surface area contributed by atoms with Crippen LogP contribution in [0.5, 0.6) is 11.5 Å². The fourth-order valence-electron chi connectivity index (χ4n) is 2.60. The van der Waals surface area contributed by atoms with Gasteiger partial charge in [-0.05, 0) is 30.5 Å². The van der Waals surface area contributed by atoms with E-state index in [1.54, 1.807) is 19.2 Å². The van der Waals surface area contributed by atoms with Crippen molar-refractivity contribution in [3.05, 3.63) is 23.8 Å². The lowest BCUT2D eigenvalue weighted by atomic mass is 10.2. The summed E-state index contributed by atoms with van der Waals surface area (Å²) in [5, 5.41) is 6.32. The minimum absolute atomic E-state index is 0. The largest absolute Gasteiger partial charge is 0.493 e. The van der Waals surface area contributed by atoms with Crippen molar-refractivity contribution in [3.8, 4) is 11.5 Å². The molecule has 2 N–H and O–H groups in total. The van der Waals surface area contributed by atoms with Crippen molar-refractivity contribution in [1.29, 1.82) is 0 Å². The lowest BCUT2D eigenvalue weighted by Crippen LogP contribution is -2.37. The average molecular weight is 515 g/mol. The maximum atomic E-state index is 12.5. The highest BCUT2D eigenvalue weighted by Crippen LogP contribution is 2.29. The zero-order chi connectivity index (χ0) is 19.5.